The summed E-state index contributed by atoms with van der Waals surface area (Å²) in [5.41, 5.74) is 1.35. The summed E-state index contributed by atoms with van der Waals surface area (Å²) >= 11 is 0. The molecular formula is C18H25ClN2O5. The second kappa shape index (κ2) is 9.12. The number of nitrogens with zero attached hydrogens (tertiary/aromatic N) is 1. The van der Waals surface area contributed by atoms with Gasteiger partial charge in [0.15, 0.2) is 17.3 Å². The Labute approximate surface area is 159 Å². The lowest BCUT2D eigenvalue weighted by Crippen LogP contribution is -2.41. The van der Waals surface area contributed by atoms with E-state index in [1.165, 1.54) is 0 Å². The summed E-state index contributed by atoms with van der Waals surface area (Å²) in [6.07, 6.45) is 0. The fraction of sp³-hybridized carbons (Fsp3) is 0.500. The molecule has 0 spiro atoms. The average molecular weight is 385 g/mol. The standard InChI is InChI=1S/C18H24N2O5.ClH/c1-12-15-13(4-5-14(22-2)17(15)23-3)25-16(12)18(21)19-6-7-20-8-10-24-11-9-20;/h4-5H,6-11H2,1-3H3,(H,19,21);1H. The number of amides is 1. The highest BCUT2D eigenvalue weighted by molar-refractivity contribution is 6.01. The van der Waals surface area contributed by atoms with E-state index in [4.69, 9.17) is 18.6 Å². The van der Waals surface area contributed by atoms with Gasteiger partial charge in [-0.1, -0.05) is 0 Å². The molecule has 8 heteroatoms. The number of rotatable bonds is 6. The third-order valence-corrected chi connectivity index (χ3v) is 4.46. The van der Waals surface area contributed by atoms with E-state index in [1.54, 1.807) is 26.4 Å². The van der Waals surface area contributed by atoms with Crippen LogP contribution in [0, 0.1) is 6.92 Å². The van der Waals surface area contributed by atoms with Crippen molar-refractivity contribution in [2.75, 3.05) is 53.6 Å². The number of hydrogen-bond acceptors (Lipinski definition) is 6. The summed E-state index contributed by atoms with van der Waals surface area (Å²) in [4.78, 5) is 14.8. The number of morpholine rings is 1. The Morgan fingerprint density at radius 1 is 1.23 bits per heavy atom. The summed E-state index contributed by atoms with van der Waals surface area (Å²) in [5.74, 6) is 1.28. The van der Waals surface area contributed by atoms with Crippen molar-refractivity contribution in [2.24, 2.45) is 0 Å². The van der Waals surface area contributed by atoms with E-state index in [2.05, 4.69) is 10.2 Å². The van der Waals surface area contributed by atoms with Gasteiger partial charge in [0.1, 0.15) is 5.58 Å². The van der Waals surface area contributed by atoms with E-state index in [9.17, 15) is 4.79 Å². The van der Waals surface area contributed by atoms with Crippen molar-refractivity contribution < 1.29 is 23.4 Å². The lowest BCUT2D eigenvalue weighted by atomic mass is 10.1. The molecule has 1 saturated heterocycles. The molecule has 1 amide bonds. The van der Waals surface area contributed by atoms with Gasteiger partial charge in [-0.3, -0.25) is 9.69 Å². The molecular weight excluding hydrogens is 360 g/mol. The minimum absolute atomic E-state index is 0. The first-order valence-corrected chi connectivity index (χ1v) is 8.38. The average Bonchev–Trinajstić information content (AvgIpc) is 2.98. The molecule has 1 aromatic heterocycles. The number of aryl methyl sites for hydroxylation is 1. The second-order valence-electron chi connectivity index (χ2n) is 5.94. The predicted molar refractivity (Wildman–Crippen MR) is 101 cm³/mol. The minimum atomic E-state index is -0.219. The van der Waals surface area contributed by atoms with Crippen molar-refractivity contribution in [3.05, 3.63) is 23.5 Å². The molecule has 1 aliphatic heterocycles. The molecule has 1 aromatic carbocycles. The van der Waals surface area contributed by atoms with Crippen LogP contribution in [0.2, 0.25) is 0 Å². The molecule has 2 heterocycles. The molecule has 1 N–H and O–H groups in total. The van der Waals surface area contributed by atoms with E-state index >= 15 is 0 Å². The normalized spacial score (nSPS) is 14.7. The van der Waals surface area contributed by atoms with Crippen molar-refractivity contribution >= 4 is 29.3 Å². The van der Waals surface area contributed by atoms with E-state index in [0.717, 1.165) is 43.8 Å². The zero-order chi connectivity index (χ0) is 17.8. The van der Waals surface area contributed by atoms with Gasteiger partial charge in [0.2, 0.25) is 0 Å². The van der Waals surface area contributed by atoms with Crippen molar-refractivity contribution in [3.8, 4) is 11.5 Å². The summed E-state index contributed by atoms with van der Waals surface area (Å²) < 4.78 is 21.9. The van der Waals surface area contributed by atoms with Crippen molar-refractivity contribution in [1.29, 1.82) is 0 Å². The number of benzene rings is 1. The topological polar surface area (TPSA) is 73.2 Å². The number of fused-ring (bicyclic) bond motifs is 1. The first-order valence-electron chi connectivity index (χ1n) is 8.38. The summed E-state index contributed by atoms with van der Waals surface area (Å²) in [6.45, 7) is 6.51. The zero-order valence-electron chi connectivity index (χ0n) is 15.3. The number of carbonyl (C=O) groups is 1. The molecule has 1 fully saturated rings. The number of ether oxygens (including phenoxy) is 3. The Balaban J connectivity index is 0.00000243. The summed E-state index contributed by atoms with van der Waals surface area (Å²) in [7, 11) is 3.16. The third kappa shape index (κ3) is 4.06. The molecule has 7 nitrogen and oxygen atoms in total. The van der Waals surface area contributed by atoms with Crippen LogP contribution in [-0.2, 0) is 4.74 Å². The van der Waals surface area contributed by atoms with E-state index in [1.807, 2.05) is 6.92 Å². The molecule has 0 unspecified atom stereocenters. The number of halogens is 1. The number of hydrogen-bond donors (Lipinski definition) is 1. The van der Waals surface area contributed by atoms with Gasteiger partial charge in [0, 0.05) is 31.7 Å². The van der Waals surface area contributed by atoms with Crippen LogP contribution in [0.5, 0.6) is 11.5 Å². The van der Waals surface area contributed by atoms with Crippen LogP contribution in [0.3, 0.4) is 0 Å². The fourth-order valence-corrected chi connectivity index (χ4v) is 3.10. The Bertz CT molecular complexity index is 756. The number of methoxy groups -OCH3 is 2. The summed E-state index contributed by atoms with van der Waals surface area (Å²) in [5, 5.41) is 3.69. The van der Waals surface area contributed by atoms with Gasteiger partial charge in [0.05, 0.1) is 32.8 Å². The first-order chi connectivity index (χ1) is 12.2. The maximum absolute atomic E-state index is 12.5. The maximum Gasteiger partial charge on any atom is 0.287 e. The van der Waals surface area contributed by atoms with Gasteiger partial charge in [-0.2, -0.15) is 0 Å². The molecule has 1 aliphatic rings. The minimum Gasteiger partial charge on any atom is -0.493 e. The molecule has 0 aliphatic carbocycles. The lowest BCUT2D eigenvalue weighted by molar-refractivity contribution is 0.0382. The van der Waals surface area contributed by atoms with Gasteiger partial charge in [-0.05, 0) is 19.1 Å². The Kier molecular flexibility index (Phi) is 7.14. The molecule has 0 radical (unpaired) electrons. The number of furan rings is 1. The molecule has 0 saturated carbocycles. The molecule has 0 atom stereocenters. The quantitative estimate of drug-likeness (QED) is 0.823. The number of carbonyl (C=O) groups excluding carboxylic acids is 1. The lowest BCUT2D eigenvalue weighted by Gasteiger charge is -2.26. The van der Waals surface area contributed by atoms with Gasteiger partial charge in [-0.25, -0.2) is 0 Å². The largest absolute Gasteiger partial charge is 0.493 e. The van der Waals surface area contributed by atoms with Gasteiger partial charge in [-0.15, -0.1) is 12.4 Å². The van der Waals surface area contributed by atoms with E-state index < -0.39 is 0 Å². The molecule has 144 valence electrons. The van der Waals surface area contributed by atoms with Crippen molar-refractivity contribution in [1.82, 2.24) is 10.2 Å². The van der Waals surface area contributed by atoms with Gasteiger partial charge < -0.3 is 23.9 Å². The van der Waals surface area contributed by atoms with Crippen molar-refractivity contribution in [3.63, 3.8) is 0 Å². The molecule has 3 rings (SSSR count). The van der Waals surface area contributed by atoms with Gasteiger partial charge >= 0.3 is 0 Å². The predicted octanol–water partition coefficient (Wildman–Crippen LogP) is 2.24. The highest BCUT2D eigenvalue weighted by Gasteiger charge is 2.22. The maximum atomic E-state index is 12.5. The van der Waals surface area contributed by atoms with Crippen LogP contribution < -0.4 is 14.8 Å². The summed E-state index contributed by atoms with van der Waals surface area (Å²) in [6, 6.07) is 3.55. The van der Waals surface area contributed by atoms with Crippen LogP contribution in [0.25, 0.3) is 11.0 Å². The molecule has 26 heavy (non-hydrogen) atoms. The Hall–Kier alpha value is -1.96. The Morgan fingerprint density at radius 2 is 1.96 bits per heavy atom. The number of nitrogens with one attached hydrogen (secondary N) is 1. The zero-order valence-corrected chi connectivity index (χ0v) is 16.1. The van der Waals surface area contributed by atoms with E-state index in [0.29, 0.717) is 29.4 Å². The fourth-order valence-electron chi connectivity index (χ4n) is 3.10. The van der Waals surface area contributed by atoms with E-state index in [-0.39, 0.29) is 18.3 Å². The van der Waals surface area contributed by atoms with Gasteiger partial charge in [0.25, 0.3) is 5.91 Å². The van der Waals surface area contributed by atoms with Crippen molar-refractivity contribution in [2.45, 2.75) is 6.92 Å². The van der Waals surface area contributed by atoms with Crippen LogP contribution >= 0.6 is 12.4 Å². The van der Waals surface area contributed by atoms with Crippen LogP contribution in [0.4, 0.5) is 0 Å². The molecule has 0 bridgehead atoms. The Morgan fingerprint density at radius 3 is 2.62 bits per heavy atom. The first kappa shape index (κ1) is 20.4. The monoisotopic (exact) mass is 384 g/mol. The smallest absolute Gasteiger partial charge is 0.287 e. The highest BCUT2D eigenvalue weighted by Crippen LogP contribution is 2.39. The second-order valence-corrected chi connectivity index (χ2v) is 5.94. The highest BCUT2D eigenvalue weighted by atomic mass is 35.5. The molecule has 2 aromatic rings. The SMILES string of the molecule is COc1ccc2oc(C(=O)NCCN3CCOCC3)c(C)c2c1OC.Cl. The van der Waals surface area contributed by atoms with Crippen LogP contribution in [0.15, 0.2) is 16.5 Å². The third-order valence-electron chi connectivity index (χ3n) is 4.46. The van der Waals surface area contributed by atoms with Crippen LogP contribution in [-0.4, -0.2) is 64.4 Å². The van der Waals surface area contributed by atoms with Crippen LogP contribution in [0.1, 0.15) is 16.1 Å².